The van der Waals surface area contributed by atoms with E-state index in [2.05, 4.69) is 20.6 Å². The third-order valence-electron chi connectivity index (χ3n) is 5.12. The number of anilines is 1. The van der Waals surface area contributed by atoms with Crippen molar-refractivity contribution in [2.24, 2.45) is 7.05 Å². The number of aromatic nitrogens is 5. The first kappa shape index (κ1) is 22.1. The first-order chi connectivity index (χ1) is 15.3. The molecule has 1 N–H and O–H groups in total. The van der Waals surface area contributed by atoms with Crippen molar-refractivity contribution < 1.29 is 4.79 Å². The largest absolute Gasteiger partial charge is 0.322 e. The van der Waals surface area contributed by atoms with Gasteiger partial charge in [0.1, 0.15) is 0 Å². The van der Waals surface area contributed by atoms with Gasteiger partial charge in [0.15, 0.2) is 11.0 Å². The fourth-order valence-corrected chi connectivity index (χ4v) is 4.32. The Kier molecular flexibility index (Phi) is 6.34. The van der Waals surface area contributed by atoms with Crippen molar-refractivity contribution in [3.05, 3.63) is 70.5 Å². The average molecular weight is 467 g/mol. The number of rotatable bonds is 6. The Hall–Kier alpha value is -3.10. The van der Waals surface area contributed by atoms with Crippen LogP contribution in [0, 0.1) is 20.8 Å². The zero-order valence-corrected chi connectivity index (χ0v) is 19.8. The SMILES string of the molecule is Cc1ccc(-n2nc(C)c(NC(=O)CSc3nnc(-c4ccccc4Cl)n3C)c2C)cc1. The molecule has 0 fully saturated rings. The number of halogens is 1. The molecule has 0 bridgehead atoms. The third-order valence-corrected chi connectivity index (χ3v) is 6.47. The maximum atomic E-state index is 12.7. The summed E-state index contributed by atoms with van der Waals surface area (Å²) in [7, 11) is 1.86. The van der Waals surface area contributed by atoms with Gasteiger partial charge in [0.05, 0.1) is 33.5 Å². The lowest BCUT2D eigenvalue weighted by atomic mass is 10.2. The highest BCUT2D eigenvalue weighted by Gasteiger charge is 2.18. The first-order valence-corrected chi connectivity index (χ1v) is 11.4. The molecule has 0 spiro atoms. The van der Waals surface area contributed by atoms with Gasteiger partial charge in [-0.2, -0.15) is 5.10 Å². The number of hydrogen-bond acceptors (Lipinski definition) is 5. The van der Waals surface area contributed by atoms with Crippen LogP contribution in [-0.2, 0) is 11.8 Å². The number of hydrogen-bond donors (Lipinski definition) is 1. The van der Waals surface area contributed by atoms with Gasteiger partial charge < -0.3 is 9.88 Å². The van der Waals surface area contributed by atoms with Gasteiger partial charge in [0, 0.05) is 12.6 Å². The molecule has 0 aliphatic rings. The van der Waals surface area contributed by atoms with E-state index in [1.807, 2.05) is 85.6 Å². The molecule has 7 nitrogen and oxygen atoms in total. The number of nitrogens with one attached hydrogen (secondary N) is 1. The summed E-state index contributed by atoms with van der Waals surface area (Å²) in [5.41, 5.74) is 5.31. The van der Waals surface area contributed by atoms with Crippen molar-refractivity contribution in [2.75, 3.05) is 11.1 Å². The van der Waals surface area contributed by atoms with Gasteiger partial charge in [0.2, 0.25) is 5.91 Å². The summed E-state index contributed by atoms with van der Waals surface area (Å²) >= 11 is 7.60. The molecule has 164 valence electrons. The molecule has 4 aromatic rings. The summed E-state index contributed by atoms with van der Waals surface area (Å²) in [4.78, 5) is 12.7. The maximum absolute atomic E-state index is 12.7. The Morgan fingerprint density at radius 1 is 1.06 bits per heavy atom. The summed E-state index contributed by atoms with van der Waals surface area (Å²) in [5.74, 6) is 0.722. The van der Waals surface area contributed by atoms with Crippen LogP contribution in [0.15, 0.2) is 53.7 Å². The van der Waals surface area contributed by atoms with Crippen LogP contribution >= 0.6 is 23.4 Å². The van der Waals surface area contributed by atoms with Crippen LogP contribution in [0.5, 0.6) is 0 Å². The van der Waals surface area contributed by atoms with E-state index >= 15 is 0 Å². The summed E-state index contributed by atoms with van der Waals surface area (Å²) < 4.78 is 3.68. The predicted molar refractivity (Wildman–Crippen MR) is 129 cm³/mol. The van der Waals surface area contributed by atoms with Gasteiger partial charge in [-0.25, -0.2) is 4.68 Å². The molecule has 0 saturated carbocycles. The summed E-state index contributed by atoms with van der Waals surface area (Å²) in [5, 5.41) is 17.3. The van der Waals surface area contributed by atoms with Crippen molar-refractivity contribution in [3.63, 3.8) is 0 Å². The van der Waals surface area contributed by atoms with Crippen LogP contribution in [0.1, 0.15) is 17.0 Å². The summed E-state index contributed by atoms with van der Waals surface area (Å²) in [6.07, 6.45) is 0. The van der Waals surface area contributed by atoms with E-state index in [0.29, 0.717) is 16.0 Å². The van der Waals surface area contributed by atoms with Crippen LogP contribution in [0.3, 0.4) is 0 Å². The van der Waals surface area contributed by atoms with E-state index in [0.717, 1.165) is 28.3 Å². The number of amides is 1. The lowest BCUT2D eigenvalue weighted by molar-refractivity contribution is -0.113. The predicted octanol–water partition coefficient (Wildman–Crippen LogP) is 4.98. The zero-order chi connectivity index (χ0) is 22.8. The molecule has 0 saturated heterocycles. The molecule has 0 aliphatic heterocycles. The van der Waals surface area contributed by atoms with E-state index in [1.165, 1.54) is 17.3 Å². The topological polar surface area (TPSA) is 77.6 Å². The minimum absolute atomic E-state index is 0.132. The first-order valence-electron chi connectivity index (χ1n) is 10.1. The molecule has 1 amide bonds. The fraction of sp³-hybridized carbons (Fsp3) is 0.217. The molecule has 2 aromatic carbocycles. The molecule has 2 aromatic heterocycles. The Morgan fingerprint density at radius 3 is 2.50 bits per heavy atom. The zero-order valence-electron chi connectivity index (χ0n) is 18.3. The van der Waals surface area contributed by atoms with Gasteiger partial charge in [-0.15, -0.1) is 10.2 Å². The molecular formula is C23H23ClN6OS. The quantitative estimate of drug-likeness (QED) is 0.405. The van der Waals surface area contributed by atoms with Crippen LogP contribution < -0.4 is 5.32 Å². The fourth-order valence-electron chi connectivity index (χ4n) is 3.38. The van der Waals surface area contributed by atoms with E-state index in [4.69, 9.17) is 11.6 Å². The van der Waals surface area contributed by atoms with Crippen molar-refractivity contribution in [1.29, 1.82) is 0 Å². The monoisotopic (exact) mass is 466 g/mol. The van der Waals surface area contributed by atoms with Crippen LogP contribution in [0.2, 0.25) is 5.02 Å². The minimum Gasteiger partial charge on any atom is -0.322 e. The highest BCUT2D eigenvalue weighted by molar-refractivity contribution is 7.99. The highest BCUT2D eigenvalue weighted by atomic mass is 35.5. The van der Waals surface area contributed by atoms with Gasteiger partial charge in [-0.1, -0.05) is 53.2 Å². The van der Waals surface area contributed by atoms with E-state index in [-0.39, 0.29) is 11.7 Å². The lowest BCUT2D eigenvalue weighted by Crippen LogP contribution is -2.15. The number of benzene rings is 2. The lowest BCUT2D eigenvalue weighted by Gasteiger charge is -2.08. The Balaban J connectivity index is 1.45. The third kappa shape index (κ3) is 4.42. The second-order valence-corrected chi connectivity index (χ2v) is 8.82. The standard InChI is InChI=1S/C23H23ClN6OS/c1-14-9-11-17(12-10-14)30-16(3)21(15(2)28-30)25-20(31)13-32-23-27-26-22(29(23)4)18-7-5-6-8-19(18)24/h5-12H,13H2,1-4H3,(H,25,31). The second-order valence-electron chi connectivity index (χ2n) is 7.48. The van der Waals surface area contributed by atoms with E-state index in [1.54, 1.807) is 0 Å². The van der Waals surface area contributed by atoms with Crippen molar-refractivity contribution in [1.82, 2.24) is 24.5 Å². The molecular weight excluding hydrogens is 444 g/mol. The normalized spacial score (nSPS) is 11.0. The summed E-state index contributed by atoms with van der Waals surface area (Å²) in [6.45, 7) is 5.88. The van der Waals surface area contributed by atoms with Crippen LogP contribution in [0.25, 0.3) is 17.1 Å². The van der Waals surface area contributed by atoms with Crippen molar-refractivity contribution in [3.8, 4) is 17.1 Å². The number of nitrogens with zero attached hydrogens (tertiary/aromatic N) is 5. The molecule has 4 rings (SSSR count). The smallest absolute Gasteiger partial charge is 0.234 e. The second kappa shape index (κ2) is 9.18. The molecule has 0 aliphatic carbocycles. The Morgan fingerprint density at radius 2 is 1.78 bits per heavy atom. The average Bonchev–Trinajstić information content (AvgIpc) is 3.27. The Labute approximate surface area is 195 Å². The number of aryl methyl sites for hydroxylation is 2. The number of carbonyl (C=O) groups is 1. The maximum Gasteiger partial charge on any atom is 0.234 e. The molecule has 0 unspecified atom stereocenters. The minimum atomic E-state index is -0.132. The molecule has 2 heterocycles. The molecule has 32 heavy (non-hydrogen) atoms. The van der Waals surface area contributed by atoms with Gasteiger partial charge in [-0.05, 0) is 45.0 Å². The Bertz CT molecular complexity index is 1280. The molecule has 9 heteroatoms. The molecule has 0 radical (unpaired) electrons. The number of carbonyl (C=O) groups excluding carboxylic acids is 1. The summed E-state index contributed by atoms with van der Waals surface area (Å²) in [6, 6.07) is 15.6. The van der Waals surface area contributed by atoms with Gasteiger partial charge >= 0.3 is 0 Å². The van der Waals surface area contributed by atoms with Gasteiger partial charge in [0.25, 0.3) is 0 Å². The van der Waals surface area contributed by atoms with Crippen molar-refractivity contribution in [2.45, 2.75) is 25.9 Å². The van der Waals surface area contributed by atoms with Gasteiger partial charge in [-0.3, -0.25) is 4.79 Å². The van der Waals surface area contributed by atoms with Crippen LogP contribution in [0.4, 0.5) is 5.69 Å². The highest BCUT2D eigenvalue weighted by Crippen LogP contribution is 2.28. The van der Waals surface area contributed by atoms with E-state index < -0.39 is 0 Å². The number of thioether (sulfide) groups is 1. The van der Waals surface area contributed by atoms with Crippen LogP contribution in [-0.4, -0.2) is 36.2 Å². The molecule has 0 atom stereocenters. The van der Waals surface area contributed by atoms with Crippen molar-refractivity contribution >= 4 is 35.0 Å². The van der Waals surface area contributed by atoms with E-state index in [9.17, 15) is 4.79 Å².